The molecule has 1 aliphatic carbocycles. The molecule has 0 radical (unpaired) electrons. The van der Waals surface area contributed by atoms with Crippen molar-refractivity contribution in [1.29, 1.82) is 0 Å². The topological polar surface area (TPSA) is 40.0 Å². The van der Waals surface area contributed by atoms with Crippen molar-refractivity contribution in [3.05, 3.63) is 23.3 Å². The van der Waals surface area contributed by atoms with Crippen molar-refractivity contribution in [3.63, 3.8) is 0 Å². The number of hydrogen-bond donors (Lipinski definition) is 0. The Morgan fingerprint density at radius 1 is 1.24 bits per heavy atom. The van der Waals surface area contributed by atoms with Crippen LogP contribution in [-0.4, -0.2) is 27.5 Å². The van der Waals surface area contributed by atoms with E-state index >= 15 is 0 Å². The number of nitrogens with zero attached hydrogens (tertiary/aromatic N) is 1. The monoisotopic (exact) mass is 235 g/mol. The zero-order chi connectivity index (χ0) is 12.3. The fourth-order valence-corrected chi connectivity index (χ4v) is 2.36. The van der Waals surface area contributed by atoms with Crippen LogP contribution in [0.15, 0.2) is 17.3 Å². The van der Waals surface area contributed by atoms with Crippen molar-refractivity contribution in [3.8, 4) is 11.5 Å². The molecule has 0 saturated carbocycles. The molecule has 92 valence electrons. The minimum Gasteiger partial charge on any atom is -0.493 e. The molecule has 17 heavy (non-hydrogen) atoms. The molecule has 0 amide bonds. The van der Waals surface area contributed by atoms with E-state index in [1.807, 2.05) is 12.3 Å². The van der Waals surface area contributed by atoms with E-state index in [4.69, 9.17) is 14.3 Å². The maximum atomic E-state index is 5.43. The van der Waals surface area contributed by atoms with Crippen LogP contribution < -0.4 is 9.47 Å². The smallest absolute Gasteiger partial charge is 0.164 e. The van der Waals surface area contributed by atoms with Gasteiger partial charge in [-0.25, -0.2) is 0 Å². The van der Waals surface area contributed by atoms with Gasteiger partial charge in [0.25, 0.3) is 0 Å². The number of fused-ring (bicyclic) bond motifs is 1. The summed E-state index contributed by atoms with van der Waals surface area (Å²) in [4.78, 5) is 4.73. The van der Waals surface area contributed by atoms with Crippen molar-refractivity contribution in [2.75, 3.05) is 21.3 Å². The zero-order valence-electron chi connectivity index (χ0n) is 10.4. The third kappa shape index (κ3) is 2.07. The highest BCUT2D eigenvalue weighted by Gasteiger charge is 2.26. The van der Waals surface area contributed by atoms with Crippen LogP contribution in [0.2, 0.25) is 0 Å². The summed E-state index contributed by atoms with van der Waals surface area (Å²) in [6, 6.07) is 4.02. The molecule has 0 spiro atoms. The Bertz CT molecular complexity index is 429. The largest absolute Gasteiger partial charge is 0.493 e. The first-order valence-electron chi connectivity index (χ1n) is 5.62. The number of benzene rings is 1. The fourth-order valence-electron chi connectivity index (χ4n) is 2.36. The molecule has 1 atom stereocenters. The van der Waals surface area contributed by atoms with E-state index < -0.39 is 0 Å². The molecule has 1 aromatic rings. The summed E-state index contributed by atoms with van der Waals surface area (Å²) in [7, 11) is 4.89. The van der Waals surface area contributed by atoms with E-state index in [1.165, 1.54) is 11.1 Å². The number of hydrogen-bond acceptors (Lipinski definition) is 4. The number of oxime groups is 1. The van der Waals surface area contributed by atoms with E-state index in [0.29, 0.717) is 5.92 Å². The summed E-state index contributed by atoms with van der Waals surface area (Å²) in [5.41, 5.74) is 2.47. The van der Waals surface area contributed by atoms with Crippen LogP contribution in [0, 0.1) is 0 Å². The summed E-state index contributed by atoms with van der Waals surface area (Å²) >= 11 is 0. The third-order valence-electron chi connectivity index (χ3n) is 3.14. The highest BCUT2D eigenvalue weighted by atomic mass is 16.6. The number of methoxy groups -OCH3 is 2. The number of ether oxygens (including phenoxy) is 2. The number of rotatable bonds is 4. The molecule has 2 rings (SSSR count). The Labute approximate surface area is 101 Å². The van der Waals surface area contributed by atoms with Gasteiger partial charge in [-0.3, -0.25) is 0 Å². The van der Waals surface area contributed by atoms with Crippen molar-refractivity contribution in [1.82, 2.24) is 0 Å². The maximum absolute atomic E-state index is 5.43. The lowest BCUT2D eigenvalue weighted by atomic mass is 10.0. The molecule has 0 N–H and O–H groups in total. The van der Waals surface area contributed by atoms with Crippen LogP contribution in [-0.2, 0) is 11.3 Å². The van der Waals surface area contributed by atoms with E-state index in [2.05, 4.69) is 11.2 Å². The normalized spacial score (nSPS) is 18.2. The van der Waals surface area contributed by atoms with Gasteiger partial charge in [-0.15, -0.1) is 0 Å². The molecule has 1 aromatic carbocycles. The molecule has 1 unspecified atom stereocenters. The maximum Gasteiger partial charge on any atom is 0.164 e. The van der Waals surface area contributed by atoms with Crippen LogP contribution in [0.5, 0.6) is 11.5 Å². The molecule has 0 aliphatic heterocycles. The lowest BCUT2D eigenvalue weighted by Crippen LogP contribution is -1.98. The van der Waals surface area contributed by atoms with Gasteiger partial charge in [-0.1, -0.05) is 11.2 Å². The molecule has 0 fully saturated rings. The molecule has 0 heterocycles. The summed E-state index contributed by atoms with van der Waals surface area (Å²) in [5.74, 6) is 1.94. The lowest BCUT2D eigenvalue weighted by Gasteiger charge is -2.12. The van der Waals surface area contributed by atoms with Crippen molar-refractivity contribution in [2.24, 2.45) is 5.16 Å². The van der Waals surface area contributed by atoms with Crippen LogP contribution in [0.3, 0.4) is 0 Å². The summed E-state index contributed by atoms with van der Waals surface area (Å²) in [6.45, 7) is 0. The van der Waals surface area contributed by atoms with Crippen LogP contribution in [0.4, 0.5) is 0 Å². The Morgan fingerprint density at radius 3 is 2.71 bits per heavy atom. The minimum absolute atomic E-state index is 0.310. The molecule has 4 nitrogen and oxygen atoms in total. The molecule has 4 heteroatoms. The molecular weight excluding hydrogens is 218 g/mol. The highest BCUT2D eigenvalue weighted by molar-refractivity contribution is 5.71. The van der Waals surface area contributed by atoms with Gasteiger partial charge in [0.05, 0.1) is 20.4 Å². The lowest BCUT2D eigenvalue weighted by molar-refractivity contribution is 0.214. The Morgan fingerprint density at radius 2 is 2.06 bits per heavy atom. The third-order valence-corrected chi connectivity index (χ3v) is 3.14. The van der Waals surface area contributed by atoms with Gasteiger partial charge in [0, 0.05) is 11.5 Å². The standard InChI is InChI=1S/C13H17NO3/c1-15-12-7-6-10-9(8-14-17-3)4-5-11(10)13(12)16-2/h6-9H,4-5H2,1-3H3/b14-8+. The Balaban J connectivity index is 2.38. The average Bonchev–Trinajstić information content (AvgIpc) is 2.78. The van der Waals surface area contributed by atoms with Crippen molar-refractivity contribution >= 4 is 6.21 Å². The van der Waals surface area contributed by atoms with Crippen LogP contribution in [0.25, 0.3) is 0 Å². The quantitative estimate of drug-likeness (QED) is 0.594. The average molecular weight is 235 g/mol. The second-order valence-electron chi connectivity index (χ2n) is 3.95. The van der Waals surface area contributed by atoms with Crippen LogP contribution in [0.1, 0.15) is 23.5 Å². The van der Waals surface area contributed by atoms with E-state index in [9.17, 15) is 0 Å². The zero-order valence-corrected chi connectivity index (χ0v) is 10.4. The predicted octanol–water partition coefficient (Wildman–Crippen LogP) is 2.37. The van der Waals surface area contributed by atoms with E-state index in [0.717, 1.165) is 24.3 Å². The summed E-state index contributed by atoms with van der Waals surface area (Å²) in [6.07, 6.45) is 3.86. The van der Waals surface area contributed by atoms with Gasteiger partial charge >= 0.3 is 0 Å². The van der Waals surface area contributed by atoms with Gasteiger partial charge < -0.3 is 14.3 Å². The van der Waals surface area contributed by atoms with E-state index in [-0.39, 0.29) is 0 Å². The Kier molecular flexibility index (Phi) is 3.52. The predicted molar refractivity (Wildman–Crippen MR) is 66.1 cm³/mol. The van der Waals surface area contributed by atoms with Crippen molar-refractivity contribution in [2.45, 2.75) is 18.8 Å². The van der Waals surface area contributed by atoms with Gasteiger partial charge in [-0.2, -0.15) is 0 Å². The van der Waals surface area contributed by atoms with Gasteiger partial charge in [0.15, 0.2) is 11.5 Å². The highest BCUT2D eigenvalue weighted by Crippen LogP contribution is 2.42. The first kappa shape index (κ1) is 11.8. The van der Waals surface area contributed by atoms with Gasteiger partial charge in [-0.05, 0) is 24.5 Å². The SMILES string of the molecule is CO/N=C/C1CCc2c1ccc(OC)c2OC. The molecule has 0 bridgehead atoms. The van der Waals surface area contributed by atoms with Gasteiger partial charge in [0.2, 0.25) is 0 Å². The first-order valence-corrected chi connectivity index (χ1v) is 5.62. The molecular formula is C13H17NO3. The Hall–Kier alpha value is -1.71. The second-order valence-corrected chi connectivity index (χ2v) is 3.95. The summed E-state index contributed by atoms with van der Waals surface area (Å²) in [5, 5.41) is 3.85. The molecule has 0 saturated heterocycles. The van der Waals surface area contributed by atoms with Crippen LogP contribution >= 0.6 is 0 Å². The van der Waals surface area contributed by atoms with E-state index in [1.54, 1.807) is 21.3 Å². The molecule has 1 aliphatic rings. The molecule has 0 aromatic heterocycles. The summed E-state index contributed by atoms with van der Waals surface area (Å²) < 4.78 is 10.7. The minimum atomic E-state index is 0.310. The second kappa shape index (κ2) is 5.08. The first-order chi connectivity index (χ1) is 8.31. The van der Waals surface area contributed by atoms with Crippen molar-refractivity contribution < 1.29 is 14.3 Å². The fraction of sp³-hybridized carbons (Fsp3) is 0.462. The van der Waals surface area contributed by atoms with Gasteiger partial charge in [0.1, 0.15) is 7.11 Å².